The van der Waals surface area contributed by atoms with Crippen molar-refractivity contribution in [2.45, 2.75) is 11.3 Å². The molecule has 4 N–H and O–H groups in total. The van der Waals surface area contributed by atoms with Crippen molar-refractivity contribution in [3.8, 4) is 22.3 Å². The van der Waals surface area contributed by atoms with E-state index in [0.717, 1.165) is 106 Å². The molecule has 6 nitrogen and oxygen atoms in total. The molecule has 3 aliphatic carbocycles. The number of hydrogen-bond donors (Lipinski definition) is 4. The number of allylic oxidation sites excluding steroid dienone is 2. The van der Waals surface area contributed by atoms with Crippen LogP contribution in [0.4, 0.5) is 17.1 Å². The van der Waals surface area contributed by atoms with Crippen LogP contribution in [0.3, 0.4) is 0 Å². The molecule has 0 saturated heterocycles. The third-order valence-corrected chi connectivity index (χ3v) is 14.8. The van der Waals surface area contributed by atoms with Gasteiger partial charge in [0.25, 0.3) is 0 Å². The summed E-state index contributed by atoms with van der Waals surface area (Å²) in [4.78, 5) is 20.5. The number of hydrogen-bond acceptors (Lipinski definition) is 6. The van der Waals surface area contributed by atoms with Gasteiger partial charge in [0.2, 0.25) is 5.78 Å². The Bertz CT molecular complexity index is 3480. The van der Waals surface area contributed by atoms with Crippen LogP contribution in [-0.4, -0.2) is 10.9 Å². The number of fused-ring (bicyclic) bond motifs is 10. The van der Waals surface area contributed by atoms with Crippen molar-refractivity contribution in [3.05, 3.63) is 196 Å². The maximum Gasteiger partial charge on any atom is 0.201 e. The highest BCUT2D eigenvalue weighted by atomic mass is 79.9. The zero-order valence-corrected chi connectivity index (χ0v) is 37.4. The number of nitrogens with zero attached hydrogens (tertiary/aromatic N) is 1. The molecule has 0 fully saturated rings. The second-order valence-electron chi connectivity index (χ2n) is 15.9. The minimum atomic E-state index is -0.993. The molecule has 60 heavy (non-hydrogen) atoms. The van der Waals surface area contributed by atoms with Crippen molar-refractivity contribution < 1.29 is 9.90 Å². The summed E-state index contributed by atoms with van der Waals surface area (Å²) in [5, 5.41) is 29.4. The third kappa shape index (κ3) is 4.47. The monoisotopic (exact) mass is 1030 g/mol. The molecule has 0 amide bonds. The molecule has 2 heterocycles. The number of aliphatic hydroxyl groups excluding tert-OH is 1. The van der Waals surface area contributed by atoms with Crippen molar-refractivity contribution >= 4 is 119 Å². The highest BCUT2D eigenvalue weighted by Gasteiger charge is 2.49. The Labute approximate surface area is 376 Å². The second-order valence-corrected chi connectivity index (χ2v) is 19.6. The highest BCUT2D eigenvalue weighted by molar-refractivity contribution is 9.11. The van der Waals surface area contributed by atoms with Gasteiger partial charge in [-0.1, -0.05) is 137 Å². The van der Waals surface area contributed by atoms with Crippen molar-refractivity contribution in [1.29, 1.82) is 0 Å². The topological polar surface area (TPSA) is 85.8 Å². The Kier molecular flexibility index (Phi) is 7.09. The van der Waals surface area contributed by atoms with Gasteiger partial charge in [-0.2, -0.15) is 0 Å². The lowest BCUT2D eigenvalue weighted by atomic mass is 9.79. The van der Waals surface area contributed by atoms with Gasteiger partial charge >= 0.3 is 0 Å². The average molecular weight is 1030 g/mol. The fraction of sp³-hybridized carbons (Fsp3) is 0.0400. The summed E-state index contributed by atoms with van der Waals surface area (Å²) in [6, 6.07) is 45.6. The Balaban J connectivity index is 1.04. The molecule has 0 saturated carbocycles. The summed E-state index contributed by atoms with van der Waals surface area (Å²) in [6.45, 7) is 0. The summed E-state index contributed by atoms with van der Waals surface area (Å²) < 4.78 is 3.79. The fourth-order valence-electron chi connectivity index (χ4n) is 10.4. The molecule has 2 spiro atoms. The van der Waals surface area contributed by atoms with Gasteiger partial charge in [-0.25, -0.2) is 4.99 Å². The molecular formula is C50H26Br4N4O2. The predicted molar refractivity (Wildman–Crippen MR) is 254 cm³/mol. The number of rotatable bonds is 1. The number of nitrogens with one attached hydrogen (secondary N) is 3. The number of ketones is 1. The van der Waals surface area contributed by atoms with Gasteiger partial charge in [-0.3, -0.25) is 4.79 Å². The van der Waals surface area contributed by atoms with Gasteiger partial charge in [0.1, 0.15) is 5.76 Å². The molecule has 0 radical (unpaired) electrons. The zero-order valence-electron chi connectivity index (χ0n) is 31.0. The lowest BCUT2D eigenvalue weighted by molar-refractivity contribution is -0.109. The molecular weight excluding hydrogens is 1010 g/mol. The van der Waals surface area contributed by atoms with E-state index in [2.05, 4.69) is 171 Å². The van der Waals surface area contributed by atoms with Crippen LogP contribution < -0.4 is 26.5 Å². The molecule has 0 aromatic heterocycles. The fourth-order valence-corrected chi connectivity index (χ4v) is 11.8. The number of benzene rings is 8. The zero-order chi connectivity index (χ0) is 40.4. The van der Waals surface area contributed by atoms with E-state index >= 15 is 4.79 Å². The molecule has 0 atom stereocenters. The molecule has 5 aliphatic rings. The summed E-state index contributed by atoms with van der Waals surface area (Å²) in [5.74, 6) is -0.263. The highest BCUT2D eigenvalue weighted by Crippen LogP contribution is 2.57. The Morgan fingerprint density at radius 2 is 1.03 bits per heavy atom. The maximum atomic E-state index is 15.0. The molecule has 2 aliphatic heterocycles. The van der Waals surface area contributed by atoms with Crippen LogP contribution >= 0.6 is 63.7 Å². The van der Waals surface area contributed by atoms with Crippen molar-refractivity contribution in [2.75, 3.05) is 16.0 Å². The van der Waals surface area contributed by atoms with Crippen LogP contribution in [0, 0.1) is 0 Å². The smallest absolute Gasteiger partial charge is 0.201 e. The van der Waals surface area contributed by atoms with E-state index in [0.29, 0.717) is 10.8 Å². The van der Waals surface area contributed by atoms with E-state index < -0.39 is 11.3 Å². The summed E-state index contributed by atoms with van der Waals surface area (Å²) in [7, 11) is 0. The first-order valence-corrected chi connectivity index (χ1v) is 22.6. The lowest BCUT2D eigenvalue weighted by Crippen LogP contribution is -2.45. The van der Waals surface area contributed by atoms with Gasteiger partial charge < -0.3 is 21.1 Å². The molecule has 8 aromatic carbocycles. The van der Waals surface area contributed by atoms with E-state index in [1.165, 1.54) is 0 Å². The number of carbonyl (C=O) groups is 1. The first kappa shape index (κ1) is 35.3. The number of Topliss-reactive ketones (excluding diaryl/α,β-unsaturated/α-hetero) is 1. The standard InChI is InChI=1S/C50H26Br4N4O2/c51-25-9-15-29-30-16-10-26(52)20-36(30)49(35(29)19-25)55-39-5-1-3-23-7-13-33(45(57-49)41(23)39)43-47(59)44(48(43)60)34-14-8-24-4-2-6-40-42(24)46(34)58-50(56-40)37-21-27(53)11-17-31(37)32-18-12-28(54)22-38(32)50/h1-22,55,57-59H/b44-34+. The second kappa shape index (κ2) is 12.1. The van der Waals surface area contributed by atoms with Crippen LogP contribution in [-0.2, 0) is 16.1 Å². The molecule has 10 heteroatoms. The summed E-state index contributed by atoms with van der Waals surface area (Å²) in [6.07, 6.45) is 0. The van der Waals surface area contributed by atoms with Crippen LogP contribution in [0.5, 0.6) is 0 Å². The van der Waals surface area contributed by atoms with Gasteiger partial charge in [-0.15, -0.1) is 0 Å². The first-order valence-electron chi connectivity index (χ1n) is 19.4. The van der Waals surface area contributed by atoms with Crippen LogP contribution in [0.25, 0.3) is 54.9 Å². The molecule has 0 bridgehead atoms. The van der Waals surface area contributed by atoms with E-state index in [-0.39, 0.29) is 22.7 Å². The number of aliphatic hydroxyl groups is 1. The minimum Gasteiger partial charge on any atom is -0.506 e. The van der Waals surface area contributed by atoms with E-state index in [1.54, 1.807) is 0 Å². The number of carbonyl (C=O) groups excluding carboxylic acids is 1. The van der Waals surface area contributed by atoms with Crippen LogP contribution in [0.15, 0.2) is 162 Å². The molecule has 286 valence electrons. The largest absolute Gasteiger partial charge is 0.506 e. The quantitative estimate of drug-likeness (QED) is 0.132. The summed E-state index contributed by atoms with van der Waals surface area (Å²) >= 11 is 15.0. The third-order valence-electron chi connectivity index (χ3n) is 12.9. The SMILES string of the molecule is O=C1C(c2ccc3cccc4c3c2NC2(N4)c3cc(Br)ccc3-c3ccc(Br)cc32)=C(O)/C1=c1/ccc2cccc3c2c1NC1(N=3)c2cc(Br)ccc2-c2ccc(Br)cc21. The average Bonchev–Trinajstić information content (AvgIpc) is 3.63. The van der Waals surface area contributed by atoms with Crippen LogP contribution in [0.2, 0.25) is 0 Å². The van der Waals surface area contributed by atoms with E-state index in [4.69, 9.17) is 4.99 Å². The normalized spacial score (nSPS) is 17.4. The van der Waals surface area contributed by atoms with E-state index in [9.17, 15) is 5.11 Å². The Morgan fingerprint density at radius 1 is 0.500 bits per heavy atom. The van der Waals surface area contributed by atoms with Crippen molar-refractivity contribution in [2.24, 2.45) is 4.99 Å². The molecule has 13 rings (SSSR count). The first-order chi connectivity index (χ1) is 29.1. The van der Waals surface area contributed by atoms with Crippen LogP contribution in [0.1, 0.15) is 27.8 Å². The van der Waals surface area contributed by atoms with Crippen molar-refractivity contribution in [3.63, 3.8) is 0 Å². The van der Waals surface area contributed by atoms with Gasteiger partial charge in [0.15, 0.2) is 11.3 Å². The Hall–Kier alpha value is -5.52. The number of anilines is 3. The Morgan fingerprint density at radius 3 is 1.65 bits per heavy atom. The lowest BCUT2D eigenvalue weighted by Gasteiger charge is -2.41. The summed E-state index contributed by atoms with van der Waals surface area (Å²) in [5.41, 5.74) is 10.3. The van der Waals surface area contributed by atoms with Gasteiger partial charge in [-0.05, 0) is 93.7 Å². The predicted octanol–water partition coefficient (Wildman–Crippen LogP) is 12.4. The molecule has 0 unspecified atom stereocenters. The number of halogens is 4. The van der Waals surface area contributed by atoms with E-state index in [1.807, 2.05) is 42.5 Å². The van der Waals surface area contributed by atoms with Gasteiger partial charge in [0, 0.05) is 67.4 Å². The molecule has 8 aromatic rings. The van der Waals surface area contributed by atoms with Crippen molar-refractivity contribution in [1.82, 2.24) is 0 Å². The van der Waals surface area contributed by atoms with Gasteiger partial charge in [0.05, 0.1) is 27.9 Å². The minimum absolute atomic E-state index is 0.0377. The maximum absolute atomic E-state index is 15.0.